The number of hydrogen-bond acceptors (Lipinski definition) is 3. The lowest BCUT2D eigenvalue weighted by atomic mass is 10.1. The van der Waals surface area contributed by atoms with Gasteiger partial charge >= 0.3 is 5.97 Å². The van der Waals surface area contributed by atoms with Crippen molar-refractivity contribution in [3.8, 4) is 17.6 Å². The van der Waals surface area contributed by atoms with Crippen LogP contribution in [-0.4, -0.2) is 30.4 Å². The third-order valence-corrected chi connectivity index (χ3v) is 4.53. The first-order chi connectivity index (χ1) is 13.5. The van der Waals surface area contributed by atoms with E-state index in [4.69, 9.17) is 14.6 Å². The lowest BCUT2D eigenvalue weighted by Gasteiger charge is -2.12. The molecule has 0 fully saturated rings. The van der Waals surface area contributed by atoms with E-state index in [1.54, 1.807) is 13.0 Å². The summed E-state index contributed by atoms with van der Waals surface area (Å²) in [6.07, 6.45) is 3.08. The van der Waals surface area contributed by atoms with Crippen LogP contribution in [-0.2, 0) is 16.0 Å². The monoisotopic (exact) mass is 506 g/mol. The van der Waals surface area contributed by atoms with E-state index in [1.807, 2.05) is 48.5 Å². The van der Waals surface area contributed by atoms with Crippen LogP contribution in [0.3, 0.4) is 0 Å². The highest BCUT2D eigenvalue weighted by Gasteiger charge is 2.17. The molecule has 0 unspecified atom stereocenters. The number of carbonyl (C=O) groups is 1. The Morgan fingerprint density at radius 3 is 2.46 bits per heavy atom. The molecule has 0 saturated carbocycles. The summed E-state index contributed by atoms with van der Waals surface area (Å²) in [5, 5.41) is 9.13. The Kier molecular flexibility index (Phi) is 9.29. The number of aliphatic carboxylic acids is 1. The van der Waals surface area contributed by atoms with Crippen LogP contribution in [0.5, 0.6) is 5.75 Å². The zero-order valence-corrected chi connectivity index (χ0v) is 18.5. The highest BCUT2D eigenvalue weighted by molar-refractivity contribution is 9.11. The molecule has 4 nitrogen and oxygen atoms in total. The number of carboxylic acids is 1. The summed E-state index contributed by atoms with van der Waals surface area (Å²) < 4.78 is 12.8. The first-order valence-electron chi connectivity index (χ1n) is 8.66. The van der Waals surface area contributed by atoms with Crippen molar-refractivity contribution in [3.63, 3.8) is 0 Å². The summed E-state index contributed by atoms with van der Waals surface area (Å²) in [6, 6.07) is 13.2. The Labute approximate surface area is 181 Å². The second-order valence-electron chi connectivity index (χ2n) is 5.77. The van der Waals surface area contributed by atoms with Crippen molar-refractivity contribution in [2.45, 2.75) is 19.4 Å². The molecule has 2 aromatic rings. The molecule has 2 rings (SSSR count). The molecule has 0 spiro atoms. The van der Waals surface area contributed by atoms with Crippen molar-refractivity contribution in [1.29, 1.82) is 0 Å². The van der Waals surface area contributed by atoms with Crippen LogP contribution in [0.1, 0.15) is 18.1 Å². The number of ether oxygens (including phenoxy) is 2. The van der Waals surface area contributed by atoms with Gasteiger partial charge in [-0.2, -0.15) is 0 Å². The van der Waals surface area contributed by atoms with E-state index >= 15 is 0 Å². The Morgan fingerprint density at radius 1 is 1.18 bits per heavy atom. The van der Waals surface area contributed by atoms with Gasteiger partial charge in [0.25, 0.3) is 0 Å². The SMILES string of the molecule is CCO[C@@H](Cc1ccc(OC/C=C\C#Cc2cc(Br)cc(Br)c2)cc1)C(=O)O. The Morgan fingerprint density at radius 2 is 1.86 bits per heavy atom. The zero-order valence-electron chi connectivity index (χ0n) is 15.3. The fourth-order valence-corrected chi connectivity index (χ4v) is 3.65. The molecule has 0 aromatic heterocycles. The van der Waals surface area contributed by atoms with E-state index in [-0.39, 0.29) is 0 Å². The predicted molar refractivity (Wildman–Crippen MR) is 117 cm³/mol. The number of halogens is 2. The average molecular weight is 508 g/mol. The van der Waals surface area contributed by atoms with Crippen LogP contribution in [0.2, 0.25) is 0 Å². The number of carboxylic acid groups (broad SMARTS) is 1. The summed E-state index contributed by atoms with van der Waals surface area (Å²) in [6.45, 7) is 2.54. The molecule has 0 amide bonds. The summed E-state index contributed by atoms with van der Waals surface area (Å²) in [7, 11) is 0. The zero-order chi connectivity index (χ0) is 20.4. The van der Waals surface area contributed by atoms with Gasteiger partial charge in [0.2, 0.25) is 0 Å². The maximum atomic E-state index is 11.1. The summed E-state index contributed by atoms with van der Waals surface area (Å²) in [5.41, 5.74) is 1.80. The highest BCUT2D eigenvalue weighted by atomic mass is 79.9. The first-order valence-corrected chi connectivity index (χ1v) is 10.3. The molecule has 0 aliphatic heterocycles. The molecular weight excluding hydrogens is 488 g/mol. The Balaban J connectivity index is 1.82. The molecule has 28 heavy (non-hydrogen) atoms. The van der Waals surface area contributed by atoms with E-state index in [9.17, 15) is 4.79 Å². The number of rotatable bonds is 8. The van der Waals surface area contributed by atoms with E-state index in [1.165, 1.54) is 0 Å². The van der Waals surface area contributed by atoms with Crippen LogP contribution >= 0.6 is 31.9 Å². The molecule has 0 radical (unpaired) electrons. The van der Waals surface area contributed by atoms with E-state index in [0.29, 0.717) is 25.4 Å². The normalized spacial score (nSPS) is 11.7. The number of hydrogen-bond donors (Lipinski definition) is 1. The van der Waals surface area contributed by atoms with Gasteiger partial charge in [-0.15, -0.1) is 0 Å². The molecule has 0 saturated heterocycles. The lowest BCUT2D eigenvalue weighted by molar-refractivity contribution is -0.149. The molecule has 0 aliphatic rings. The molecule has 1 N–H and O–H groups in total. The van der Waals surface area contributed by atoms with Gasteiger partial charge in [0.05, 0.1) is 0 Å². The smallest absolute Gasteiger partial charge is 0.333 e. The minimum Gasteiger partial charge on any atom is -0.490 e. The molecule has 6 heteroatoms. The van der Waals surface area contributed by atoms with Gasteiger partial charge < -0.3 is 14.6 Å². The maximum absolute atomic E-state index is 11.1. The van der Waals surface area contributed by atoms with Crippen molar-refractivity contribution < 1.29 is 19.4 Å². The van der Waals surface area contributed by atoms with Gasteiger partial charge in [0.15, 0.2) is 6.10 Å². The van der Waals surface area contributed by atoms with Crippen molar-refractivity contribution in [2.24, 2.45) is 0 Å². The third-order valence-electron chi connectivity index (χ3n) is 3.61. The highest BCUT2D eigenvalue weighted by Crippen LogP contribution is 2.19. The van der Waals surface area contributed by atoms with Gasteiger partial charge in [0.1, 0.15) is 12.4 Å². The largest absolute Gasteiger partial charge is 0.490 e. The molecule has 0 heterocycles. The third kappa shape index (κ3) is 7.89. The van der Waals surface area contributed by atoms with Crippen LogP contribution in [0.25, 0.3) is 0 Å². The second kappa shape index (κ2) is 11.7. The average Bonchev–Trinajstić information content (AvgIpc) is 2.64. The minimum absolute atomic E-state index is 0.324. The molecule has 1 atom stereocenters. The van der Waals surface area contributed by atoms with Gasteiger partial charge in [-0.25, -0.2) is 4.79 Å². The van der Waals surface area contributed by atoms with Crippen molar-refractivity contribution in [1.82, 2.24) is 0 Å². The van der Waals surface area contributed by atoms with E-state index < -0.39 is 12.1 Å². The molecule has 146 valence electrons. The Bertz CT molecular complexity index is 859. The standard InChI is InChI=1S/C22H20Br2O4/c1-2-27-21(22(25)26)14-16-7-9-20(10-8-16)28-11-5-3-4-6-17-12-18(23)15-19(24)13-17/h3,5,7-10,12-13,15,21H,2,11,14H2,1H3,(H,25,26)/b5-3-/t21-/m0/s1. The van der Waals surface area contributed by atoms with Gasteiger partial charge in [-0.3, -0.25) is 0 Å². The molecule has 0 aliphatic carbocycles. The van der Waals surface area contributed by atoms with Crippen molar-refractivity contribution in [2.75, 3.05) is 13.2 Å². The molecule has 0 bridgehead atoms. The van der Waals surface area contributed by atoms with Crippen molar-refractivity contribution >= 4 is 37.8 Å². The summed E-state index contributed by atoms with van der Waals surface area (Å²) >= 11 is 6.87. The van der Waals surface area contributed by atoms with E-state index in [2.05, 4.69) is 43.7 Å². The lowest BCUT2D eigenvalue weighted by Crippen LogP contribution is -2.26. The van der Waals surface area contributed by atoms with E-state index in [0.717, 1.165) is 20.1 Å². The molecular formula is C22H20Br2O4. The fraction of sp³-hybridized carbons (Fsp3) is 0.227. The second-order valence-corrected chi connectivity index (χ2v) is 7.60. The fourth-order valence-electron chi connectivity index (χ4n) is 2.36. The predicted octanol–water partition coefficient (Wildman–Crippen LogP) is 5.23. The summed E-state index contributed by atoms with van der Waals surface area (Å²) in [5.74, 6) is 5.79. The first kappa shape index (κ1) is 22.2. The summed E-state index contributed by atoms with van der Waals surface area (Å²) in [4.78, 5) is 11.1. The topological polar surface area (TPSA) is 55.8 Å². The van der Waals surface area contributed by atoms with Crippen molar-refractivity contribution in [3.05, 3.63) is 74.7 Å². The van der Waals surface area contributed by atoms with Crippen LogP contribution in [0.15, 0.2) is 63.6 Å². The number of benzene rings is 2. The number of allylic oxidation sites excluding steroid dienone is 1. The maximum Gasteiger partial charge on any atom is 0.333 e. The minimum atomic E-state index is -0.955. The quantitative estimate of drug-likeness (QED) is 0.497. The van der Waals surface area contributed by atoms with Crippen LogP contribution in [0.4, 0.5) is 0 Å². The van der Waals surface area contributed by atoms with Crippen LogP contribution < -0.4 is 4.74 Å². The van der Waals surface area contributed by atoms with Gasteiger partial charge in [0, 0.05) is 27.5 Å². The van der Waals surface area contributed by atoms with Crippen LogP contribution in [0, 0.1) is 11.8 Å². The molecule has 2 aromatic carbocycles. The van der Waals surface area contributed by atoms with Gasteiger partial charge in [-0.05, 0) is 55.0 Å². The van der Waals surface area contributed by atoms with Gasteiger partial charge in [-0.1, -0.05) is 55.8 Å². The Hall–Kier alpha value is -2.07.